The topological polar surface area (TPSA) is 38.5 Å². The Morgan fingerprint density at radius 1 is 1.25 bits per heavy atom. The van der Waals surface area contributed by atoms with Gasteiger partial charge in [-0.3, -0.25) is 4.90 Å². The van der Waals surface area contributed by atoms with Crippen molar-refractivity contribution in [3.8, 4) is 0 Å². The third-order valence-corrected chi connectivity index (χ3v) is 3.08. The second-order valence-corrected chi connectivity index (χ2v) is 5.80. The highest BCUT2D eigenvalue weighted by Gasteiger charge is 2.34. The first-order valence-electron chi connectivity index (χ1n) is 6.25. The van der Waals surface area contributed by atoms with Gasteiger partial charge in [0.2, 0.25) is 0 Å². The standard InChI is InChI=1S/C13H30N2O/c1-8-15(10(2)9-16-7)12(11(3)14)13(4,5)6/h10-12H,8-9,14H2,1-7H3. The Balaban J connectivity index is 4.85. The molecule has 0 spiro atoms. The molecule has 0 bridgehead atoms. The molecule has 0 heterocycles. The molecule has 0 amide bonds. The Labute approximate surface area is 101 Å². The summed E-state index contributed by atoms with van der Waals surface area (Å²) in [4.78, 5) is 2.45. The Hall–Kier alpha value is -0.120. The first kappa shape index (κ1) is 15.9. The minimum atomic E-state index is 0.166. The van der Waals surface area contributed by atoms with E-state index in [9.17, 15) is 0 Å². The largest absolute Gasteiger partial charge is 0.383 e. The van der Waals surface area contributed by atoms with Crippen molar-refractivity contribution in [2.45, 2.75) is 59.7 Å². The SMILES string of the molecule is CCN(C(C)COC)C(C(C)N)C(C)(C)C. The van der Waals surface area contributed by atoms with Crippen LogP contribution in [0.15, 0.2) is 0 Å². The Morgan fingerprint density at radius 3 is 2.00 bits per heavy atom. The summed E-state index contributed by atoms with van der Waals surface area (Å²) in [6, 6.07) is 0.951. The maximum atomic E-state index is 6.15. The Kier molecular flexibility index (Phi) is 6.53. The van der Waals surface area contributed by atoms with Gasteiger partial charge in [-0.25, -0.2) is 0 Å². The molecule has 0 radical (unpaired) electrons. The van der Waals surface area contributed by atoms with Crippen molar-refractivity contribution < 1.29 is 4.74 Å². The first-order valence-corrected chi connectivity index (χ1v) is 6.25. The van der Waals surface area contributed by atoms with E-state index in [1.54, 1.807) is 7.11 Å². The number of hydrogen-bond acceptors (Lipinski definition) is 3. The fourth-order valence-corrected chi connectivity index (χ4v) is 2.71. The van der Waals surface area contributed by atoms with Crippen LogP contribution in [0, 0.1) is 5.41 Å². The van der Waals surface area contributed by atoms with E-state index in [0.717, 1.165) is 13.2 Å². The Morgan fingerprint density at radius 2 is 1.75 bits per heavy atom. The summed E-state index contributed by atoms with van der Waals surface area (Å²) in [6.45, 7) is 15.0. The van der Waals surface area contributed by atoms with Crippen LogP contribution in [0.25, 0.3) is 0 Å². The van der Waals surface area contributed by atoms with Gasteiger partial charge in [0.15, 0.2) is 0 Å². The number of ether oxygens (including phenoxy) is 1. The van der Waals surface area contributed by atoms with Crippen LogP contribution < -0.4 is 5.73 Å². The summed E-state index contributed by atoms with van der Waals surface area (Å²) in [5.41, 5.74) is 6.34. The van der Waals surface area contributed by atoms with Crippen molar-refractivity contribution >= 4 is 0 Å². The van der Waals surface area contributed by atoms with Crippen molar-refractivity contribution in [2.24, 2.45) is 11.1 Å². The Bertz CT molecular complexity index is 187. The van der Waals surface area contributed by atoms with Gasteiger partial charge in [0.25, 0.3) is 0 Å². The maximum Gasteiger partial charge on any atom is 0.0615 e. The molecule has 16 heavy (non-hydrogen) atoms. The van der Waals surface area contributed by atoms with Gasteiger partial charge in [-0.15, -0.1) is 0 Å². The third-order valence-electron chi connectivity index (χ3n) is 3.08. The van der Waals surface area contributed by atoms with Crippen molar-refractivity contribution in [3.05, 3.63) is 0 Å². The van der Waals surface area contributed by atoms with Crippen molar-refractivity contribution in [3.63, 3.8) is 0 Å². The lowest BCUT2D eigenvalue weighted by atomic mass is 9.81. The molecule has 0 aliphatic carbocycles. The zero-order chi connectivity index (χ0) is 12.9. The highest BCUT2D eigenvalue weighted by molar-refractivity contribution is 4.90. The van der Waals surface area contributed by atoms with Gasteiger partial charge in [-0.1, -0.05) is 27.7 Å². The van der Waals surface area contributed by atoms with Gasteiger partial charge < -0.3 is 10.5 Å². The summed E-state index contributed by atoms with van der Waals surface area (Å²) in [6.07, 6.45) is 0. The molecule has 0 fully saturated rings. The lowest BCUT2D eigenvalue weighted by Crippen LogP contribution is -2.57. The van der Waals surface area contributed by atoms with Crippen LogP contribution in [0.1, 0.15) is 41.5 Å². The van der Waals surface area contributed by atoms with E-state index in [1.807, 2.05) is 0 Å². The van der Waals surface area contributed by atoms with Crippen LogP contribution in [0.2, 0.25) is 0 Å². The summed E-state index contributed by atoms with van der Waals surface area (Å²) in [5.74, 6) is 0. The van der Waals surface area contributed by atoms with Crippen LogP contribution in [-0.4, -0.2) is 43.3 Å². The number of rotatable bonds is 6. The number of hydrogen-bond donors (Lipinski definition) is 1. The molecule has 2 N–H and O–H groups in total. The van der Waals surface area contributed by atoms with Gasteiger partial charge >= 0.3 is 0 Å². The molecule has 0 saturated carbocycles. The average molecular weight is 230 g/mol. The summed E-state index contributed by atoms with van der Waals surface area (Å²) >= 11 is 0. The first-order chi connectivity index (χ1) is 7.25. The lowest BCUT2D eigenvalue weighted by molar-refractivity contribution is 0.0204. The minimum Gasteiger partial charge on any atom is -0.383 e. The zero-order valence-electron chi connectivity index (χ0n) is 12.1. The molecule has 0 rings (SSSR count). The highest BCUT2D eigenvalue weighted by atomic mass is 16.5. The van der Waals surface area contributed by atoms with Gasteiger partial charge in [0.1, 0.15) is 0 Å². The van der Waals surface area contributed by atoms with E-state index in [2.05, 4.69) is 46.4 Å². The van der Waals surface area contributed by atoms with E-state index in [4.69, 9.17) is 10.5 Å². The lowest BCUT2D eigenvalue weighted by Gasteiger charge is -2.45. The second kappa shape index (κ2) is 6.58. The number of likely N-dealkylation sites (N-methyl/N-ethyl adjacent to an activating group) is 1. The normalized spacial score (nSPS) is 18.6. The van der Waals surface area contributed by atoms with Crippen LogP contribution >= 0.6 is 0 Å². The molecule has 3 atom stereocenters. The monoisotopic (exact) mass is 230 g/mol. The summed E-state index contributed by atoms with van der Waals surface area (Å²) in [7, 11) is 1.75. The molecule has 0 aromatic heterocycles. The smallest absolute Gasteiger partial charge is 0.0615 e. The predicted molar refractivity (Wildman–Crippen MR) is 70.6 cm³/mol. The molecular formula is C13H30N2O. The van der Waals surface area contributed by atoms with Gasteiger partial charge in [0.05, 0.1) is 6.61 Å². The van der Waals surface area contributed by atoms with Crippen molar-refractivity contribution in [1.29, 1.82) is 0 Å². The minimum absolute atomic E-state index is 0.166. The summed E-state index contributed by atoms with van der Waals surface area (Å²) in [5, 5.41) is 0. The van der Waals surface area contributed by atoms with E-state index >= 15 is 0 Å². The quantitative estimate of drug-likeness (QED) is 0.759. The van der Waals surface area contributed by atoms with E-state index in [0.29, 0.717) is 12.1 Å². The van der Waals surface area contributed by atoms with E-state index in [1.165, 1.54) is 0 Å². The maximum absolute atomic E-state index is 6.15. The fraction of sp³-hybridized carbons (Fsp3) is 1.00. The van der Waals surface area contributed by atoms with Crippen LogP contribution in [0.4, 0.5) is 0 Å². The molecule has 98 valence electrons. The van der Waals surface area contributed by atoms with Crippen molar-refractivity contribution in [2.75, 3.05) is 20.3 Å². The molecule has 0 aliphatic rings. The van der Waals surface area contributed by atoms with E-state index < -0.39 is 0 Å². The van der Waals surface area contributed by atoms with Gasteiger partial charge in [-0.2, -0.15) is 0 Å². The molecule has 3 unspecified atom stereocenters. The average Bonchev–Trinajstić information content (AvgIpc) is 2.11. The van der Waals surface area contributed by atoms with Crippen LogP contribution in [0.3, 0.4) is 0 Å². The fourth-order valence-electron chi connectivity index (χ4n) is 2.71. The molecule has 3 nitrogen and oxygen atoms in total. The van der Waals surface area contributed by atoms with Crippen LogP contribution in [-0.2, 0) is 4.74 Å². The third kappa shape index (κ3) is 4.40. The van der Waals surface area contributed by atoms with E-state index in [-0.39, 0.29) is 11.5 Å². The predicted octanol–water partition coefficient (Wildman–Crippen LogP) is 2.11. The number of nitrogens with two attached hydrogens (primary N) is 1. The summed E-state index contributed by atoms with van der Waals surface area (Å²) < 4.78 is 5.25. The van der Waals surface area contributed by atoms with Gasteiger partial charge in [0, 0.05) is 25.2 Å². The number of nitrogens with zero attached hydrogens (tertiary/aromatic N) is 1. The number of methoxy groups -OCH3 is 1. The molecule has 0 saturated heterocycles. The highest BCUT2D eigenvalue weighted by Crippen LogP contribution is 2.27. The molecule has 0 aromatic rings. The van der Waals surface area contributed by atoms with Gasteiger partial charge in [-0.05, 0) is 25.8 Å². The van der Waals surface area contributed by atoms with Crippen LogP contribution in [0.5, 0.6) is 0 Å². The molecule has 0 aromatic carbocycles. The molecule has 3 heteroatoms. The zero-order valence-corrected chi connectivity index (χ0v) is 12.1. The molecular weight excluding hydrogens is 200 g/mol. The second-order valence-electron chi connectivity index (χ2n) is 5.80. The molecule has 0 aliphatic heterocycles. The van der Waals surface area contributed by atoms with Crippen molar-refractivity contribution in [1.82, 2.24) is 4.90 Å².